The monoisotopic (exact) mass is 366 g/mol. The molecule has 0 spiro atoms. The number of aromatic hydroxyl groups is 1. The minimum absolute atomic E-state index is 0. The maximum absolute atomic E-state index is 11.2. The molecule has 2 N–H and O–H groups in total. The summed E-state index contributed by atoms with van der Waals surface area (Å²) in [5, 5.41) is 19.3. The quantitative estimate of drug-likeness (QED) is 0.418. The van der Waals surface area contributed by atoms with Gasteiger partial charge >= 0.3 is 29.6 Å². The van der Waals surface area contributed by atoms with E-state index < -0.39 is 10.1 Å². The van der Waals surface area contributed by atoms with Gasteiger partial charge < -0.3 is 6.53 Å². The van der Waals surface area contributed by atoms with E-state index in [-0.39, 0.29) is 47.3 Å². The Kier molecular flexibility index (Phi) is 5.97. The molecule has 0 amide bonds. The minimum Gasteiger partial charge on any atom is -1.00 e. The number of azo groups is 1. The number of hydrogen-bond acceptors (Lipinski definition) is 5. The standard InChI is InChI=1S/C17H14N2O4S.Na.H/c1-11-2-5-13(6-3-11)18-19-17-15-8-7-14(24(21,22)23)10-12(15)4-9-16(17)20;;/h2-10,20H,1H3,(H,21,22,23);;/q;+1;-1. The Labute approximate surface area is 168 Å². The topological polar surface area (TPSA) is 99.3 Å². The SMILES string of the molecule is Cc1ccc(N=Nc2c(O)ccc3cc(S(=O)(=O)O)ccc23)cc1.[H-].[Na+]. The van der Waals surface area contributed by atoms with Crippen LogP contribution in [-0.2, 0) is 10.1 Å². The van der Waals surface area contributed by atoms with Gasteiger partial charge in [-0.05, 0) is 42.6 Å². The van der Waals surface area contributed by atoms with Crippen molar-refractivity contribution < 1.29 is 49.1 Å². The van der Waals surface area contributed by atoms with Crippen molar-refractivity contribution in [3.8, 4) is 5.75 Å². The molecule has 0 heterocycles. The van der Waals surface area contributed by atoms with Crippen molar-refractivity contribution in [2.24, 2.45) is 10.2 Å². The number of hydrogen-bond donors (Lipinski definition) is 2. The van der Waals surface area contributed by atoms with Gasteiger partial charge in [0.1, 0.15) is 11.4 Å². The fourth-order valence-electron chi connectivity index (χ4n) is 2.26. The summed E-state index contributed by atoms with van der Waals surface area (Å²) in [4.78, 5) is -0.220. The number of aryl methyl sites for hydroxylation is 1. The van der Waals surface area contributed by atoms with Gasteiger partial charge in [0.05, 0.1) is 10.6 Å². The molecule has 0 saturated heterocycles. The van der Waals surface area contributed by atoms with Crippen LogP contribution in [0.4, 0.5) is 11.4 Å². The first-order valence-electron chi connectivity index (χ1n) is 7.06. The summed E-state index contributed by atoms with van der Waals surface area (Å²) >= 11 is 0. The molecule has 0 bridgehead atoms. The van der Waals surface area contributed by atoms with Crippen LogP contribution in [0.25, 0.3) is 10.8 Å². The Bertz CT molecular complexity index is 1050. The van der Waals surface area contributed by atoms with E-state index in [1.54, 1.807) is 18.2 Å². The molecule has 0 aliphatic carbocycles. The van der Waals surface area contributed by atoms with Crippen molar-refractivity contribution in [1.82, 2.24) is 0 Å². The van der Waals surface area contributed by atoms with Gasteiger partial charge in [0.25, 0.3) is 10.1 Å². The van der Waals surface area contributed by atoms with Gasteiger partial charge in [-0.1, -0.05) is 29.8 Å². The Morgan fingerprint density at radius 3 is 2.28 bits per heavy atom. The maximum Gasteiger partial charge on any atom is 1.00 e. The second kappa shape index (κ2) is 7.63. The summed E-state index contributed by atoms with van der Waals surface area (Å²) in [7, 11) is -4.29. The zero-order valence-electron chi connectivity index (χ0n) is 14.7. The molecule has 25 heavy (non-hydrogen) atoms. The molecule has 0 aliphatic rings. The van der Waals surface area contributed by atoms with Crippen LogP contribution in [0.5, 0.6) is 5.75 Å². The predicted octanol–water partition coefficient (Wildman–Crippen LogP) is 1.63. The number of nitrogens with zero attached hydrogens (tertiary/aromatic N) is 2. The van der Waals surface area contributed by atoms with E-state index >= 15 is 0 Å². The van der Waals surface area contributed by atoms with E-state index in [1.807, 2.05) is 19.1 Å². The molecule has 6 nitrogen and oxygen atoms in total. The van der Waals surface area contributed by atoms with Crippen LogP contribution >= 0.6 is 0 Å². The van der Waals surface area contributed by atoms with Gasteiger partial charge in [-0.2, -0.15) is 13.5 Å². The van der Waals surface area contributed by atoms with Crippen LogP contribution in [0.15, 0.2) is 69.7 Å². The Balaban J connectivity index is 0.00000169. The number of phenols is 1. The Morgan fingerprint density at radius 2 is 1.64 bits per heavy atom. The molecular formula is C17H15N2NaO4S. The first-order valence-corrected chi connectivity index (χ1v) is 8.50. The fourth-order valence-corrected chi connectivity index (χ4v) is 2.78. The zero-order chi connectivity index (χ0) is 17.3. The normalized spacial score (nSPS) is 11.6. The van der Waals surface area contributed by atoms with Crippen LogP contribution in [0.2, 0.25) is 0 Å². The molecule has 3 aromatic carbocycles. The minimum atomic E-state index is -4.29. The van der Waals surface area contributed by atoms with Crippen LogP contribution in [0.1, 0.15) is 6.99 Å². The molecule has 0 saturated carbocycles. The third-order valence-corrected chi connectivity index (χ3v) is 4.39. The summed E-state index contributed by atoms with van der Waals surface area (Å²) in [5.41, 5.74) is 1.96. The molecule has 124 valence electrons. The summed E-state index contributed by atoms with van der Waals surface area (Å²) in [5.74, 6) is -0.0713. The van der Waals surface area contributed by atoms with E-state index in [1.165, 1.54) is 24.3 Å². The number of benzene rings is 3. The molecule has 0 aromatic heterocycles. The molecule has 0 aliphatic heterocycles. The number of fused-ring (bicyclic) bond motifs is 1. The van der Waals surface area contributed by atoms with Gasteiger partial charge in [-0.3, -0.25) is 4.55 Å². The van der Waals surface area contributed by atoms with Crippen molar-refractivity contribution in [2.75, 3.05) is 0 Å². The van der Waals surface area contributed by atoms with E-state index in [4.69, 9.17) is 4.55 Å². The fraction of sp³-hybridized carbons (Fsp3) is 0.0588. The summed E-state index contributed by atoms with van der Waals surface area (Å²) in [6.45, 7) is 1.96. The van der Waals surface area contributed by atoms with Crippen molar-refractivity contribution >= 4 is 32.3 Å². The van der Waals surface area contributed by atoms with Gasteiger partial charge in [0.15, 0.2) is 0 Å². The smallest absolute Gasteiger partial charge is 1.00 e. The zero-order valence-corrected chi connectivity index (χ0v) is 16.5. The van der Waals surface area contributed by atoms with E-state index in [0.29, 0.717) is 16.5 Å². The number of phenolic OH excluding ortho intramolecular Hbond substituents is 1. The predicted molar refractivity (Wildman–Crippen MR) is 91.9 cm³/mol. The molecule has 0 unspecified atom stereocenters. The third kappa shape index (κ3) is 4.45. The summed E-state index contributed by atoms with van der Waals surface area (Å²) in [6.07, 6.45) is 0. The van der Waals surface area contributed by atoms with E-state index in [9.17, 15) is 13.5 Å². The largest absolute Gasteiger partial charge is 1.00 e. The van der Waals surface area contributed by atoms with Crippen LogP contribution in [0.3, 0.4) is 0 Å². The third-order valence-electron chi connectivity index (χ3n) is 3.54. The average molecular weight is 366 g/mol. The first kappa shape index (κ1) is 19.6. The molecule has 0 radical (unpaired) electrons. The Morgan fingerprint density at radius 1 is 0.960 bits per heavy atom. The molecule has 3 rings (SSSR count). The van der Waals surface area contributed by atoms with Crippen molar-refractivity contribution in [3.63, 3.8) is 0 Å². The second-order valence-corrected chi connectivity index (χ2v) is 6.75. The van der Waals surface area contributed by atoms with Crippen LogP contribution in [0, 0.1) is 6.92 Å². The van der Waals surface area contributed by atoms with Crippen molar-refractivity contribution in [3.05, 3.63) is 60.2 Å². The van der Waals surface area contributed by atoms with Gasteiger partial charge in [0.2, 0.25) is 0 Å². The van der Waals surface area contributed by atoms with E-state index in [0.717, 1.165) is 5.56 Å². The van der Waals surface area contributed by atoms with Gasteiger partial charge in [0, 0.05) is 5.39 Å². The molecule has 8 heteroatoms. The average Bonchev–Trinajstić information content (AvgIpc) is 2.54. The van der Waals surface area contributed by atoms with Crippen molar-refractivity contribution in [1.29, 1.82) is 0 Å². The molecule has 3 aromatic rings. The van der Waals surface area contributed by atoms with Crippen LogP contribution < -0.4 is 29.6 Å². The summed E-state index contributed by atoms with van der Waals surface area (Å²) in [6, 6.07) is 14.4. The van der Waals surface area contributed by atoms with E-state index in [2.05, 4.69) is 10.2 Å². The molecular weight excluding hydrogens is 351 g/mol. The van der Waals surface area contributed by atoms with Gasteiger partial charge in [-0.25, -0.2) is 0 Å². The Hall–Kier alpha value is -1.77. The first-order chi connectivity index (χ1) is 11.3. The summed E-state index contributed by atoms with van der Waals surface area (Å²) < 4.78 is 31.6. The molecule has 0 fully saturated rings. The maximum atomic E-state index is 11.2. The van der Waals surface area contributed by atoms with Crippen LogP contribution in [-0.4, -0.2) is 18.1 Å². The second-order valence-electron chi connectivity index (χ2n) is 5.33. The van der Waals surface area contributed by atoms with Gasteiger partial charge in [-0.15, -0.1) is 5.11 Å². The van der Waals surface area contributed by atoms with Crippen molar-refractivity contribution in [2.45, 2.75) is 11.8 Å². The number of rotatable bonds is 3. The molecule has 0 atom stereocenters.